The molecule has 15 heavy (non-hydrogen) atoms. The number of benzene rings is 1. The fourth-order valence-corrected chi connectivity index (χ4v) is 2.79. The van der Waals surface area contributed by atoms with Crippen LogP contribution in [0, 0.1) is 0 Å². The Morgan fingerprint density at radius 3 is 1.93 bits per heavy atom. The molecule has 4 nitrogen and oxygen atoms in total. The van der Waals surface area contributed by atoms with Crippen molar-refractivity contribution in [3.63, 3.8) is 0 Å². The number of rotatable bonds is 4. The number of para-hydroxylation sites is 1. The molecule has 0 aromatic heterocycles. The molecule has 1 aromatic carbocycles. The number of nitrogens with zero attached hydrogens (tertiary/aromatic N) is 1. The predicted molar refractivity (Wildman–Crippen MR) is 60.9 cm³/mol. The maximum atomic E-state index is 11.4. The molecule has 0 radical (unpaired) electrons. The molecular weight excluding hydrogens is 214 g/mol. The first-order valence-electron chi connectivity index (χ1n) is 4.88. The van der Waals surface area contributed by atoms with Crippen molar-refractivity contribution < 1.29 is 13.0 Å². The average molecular weight is 230 g/mol. The van der Waals surface area contributed by atoms with Crippen LogP contribution in [0.25, 0.3) is 0 Å². The van der Waals surface area contributed by atoms with Crippen molar-refractivity contribution in [2.75, 3.05) is 13.1 Å². The third-order valence-electron chi connectivity index (χ3n) is 2.69. The van der Waals surface area contributed by atoms with Gasteiger partial charge in [0.05, 0.1) is 13.1 Å². The third kappa shape index (κ3) is 2.04. The Kier molecular flexibility index (Phi) is 3.49. The molecule has 0 heterocycles. The molecular formula is C10H16NO3S+. The first-order chi connectivity index (χ1) is 6.98. The Labute approximate surface area is 90.6 Å². The lowest BCUT2D eigenvalue weighted by Gasteiger charge is -2.30. The van der Waals surface area contributed by atoms with E-state index in [0.29, 0.717) is 18.8 Å². The fourth-order valence-electron chi connectivity index (χ4n) is 1.75. The van der Waals surface area contributed by atoms with E-state index in [1.807, 2.05) is 6.07 Å². The molecule has 0 aliphatic rings. The summed E-state index contributed by atoms with van der Waals surface area (Å²) in [6.07, 6.45) is 0. The van der Waals surface area contributed by atoms with Gasteiger partial charge in [-0.1, -0.05) is 18.2 Å². The molecule has 0 saturated heterocycles. The van der Waals surface area contributed by atoms with E-state index in [0.717, 1.165) is 0 Å². The number of hydrogen-bond donors (Lipinski definition) is 1. The summed E-state index contributed by atoms with van der Waals surface area (Å²) in [5, 5.41) is 0. The highest BCUT2D eigenvalue weighted by Crippen LogP contribution is 2.25. The lowest BCUT2D eigenvalue weighted by molar-refractivity contribution is 0.367. The fraction of sp³-hybridized carbons (Fsp3) is 0.400. The van der Waals surface area contributed by atoms with E-state index in [9.17, 15) is 13.0 Å². The van der Waals surface area contributed by atoms with Gasteiger partial charge < -0.3 is 0 Å². The second kappa shape index (κ2) is 4.30. The zero-order chi connectivity index (χ0) is 11.5. The molecule has 0 saturated carbocycles. The SMILES string of the molecule is CC[N+](CC)(c1ccccc1)S(=O)(=O)O. The number of quaternary nitrogens is 1. The van der Waals surface area contributed by atoms with Gasteiger partial charge in [-0.05, 0) is 13.8 Å². The molecule has 0 fully saturated rings. The zero-order valence-electron chi connectivity index (χ0n) is 8.92. The molecule has 0 bridgehead atoms. The van der Waals surface area contributed by atoms with E-state index >= 15 is 0 Å². The summed E-state index contributed by atoms with van der Waals surface area (Å²) < 4.78 is 31.8. The van der Waals surface area contributed by atoms with E-state index in [4.69, 9.17) is 0 Å². The second-order valence-electron chi connectivity index (χ2n) is 3.31. The molecule has 5 heteroatoms. The topological polar surface area (TPSA) is 54.4 Å². The maximum absolute atomic E-state index is 11.4. The quantitative estimate of drug-likeness (QED) is 0.634. The molecule has 0 atom stereocenters. The van der Waals surface area contributed by atoms with Crippen LogP contribution in [-0.2, 0) is 10.3 Å². The van der Waals surface area contributed by atoms with Crippen molar-refractivity contribution in [1.82, 2.24) is 3.89 Å². The van der Waals surface area contributed by atoms with Gasteiger partial charge in [-0.15, -0.1) is 8.42 Å². The standard InChI is InChI=1S/C10H15NO3S/c1-3-11(4-2,15(12,13)14)10-8-6-5-7-9-10/h5-9H,3-4H2,1-2H3/p+1. The minimum atomic E-state index is -4.14. The van der Waals surface area contributed by atoms with Crippen LogP contribution in [0.1, 0.15) is 13.8 Å². The van der Waals surface area contributed by atoms with Crippen molar-refractivity contribution in [3.8, 4) is 0 Å². The Bertz CT molecular complexity index is 410. The summed E-state index contributed by atoms with van der Waals surface area (Å²) in [6.45, 7) is 4.09. The third-order valence-corrected chi connectivity index (χ3v) is 4.30. The van der Waals surface area contributed by atoms with Crippen molar-refractivity contribution in [2.45, 2.75) is 13.8 Å². The van der Waals surface area contributed by atoms with Crippen LogP contribution in [0.3, 0.4) is 0 Å². The van der Waals surface area contributed by atoms with Gasteiger partial charge in [0, 0.05) is 12.1 Å². The van der Waals surface area contributed by atoms with Crippen LogP contribution >= 0.6 is 0 Å². The molecule has 1 N–H and O–H groups in total. The molecule has 1 aromatic rings. The van der Waals surface area contributed by atoms with Crippen LogP contribution in [-0.4, -0.2) is 26.1 Å². The first-order valence-corrected chi connectivity index (χ1v) is 6.28. The molecule has 0 amide bonds. The van der Waals surface area contributed by atoms with Gasteiger partial charge in [-0.25, -0.2) is 4.55 Å². The smallest absolute Gasteiger partial charge is 0.241 e. The lowest BCUT2D eigenvalue weighted by Crippen LogP contribution is -2.53. The van der Waals surface area contributed by atoms with E-state index < -0.39 is 14.2 Å². The normalized spacial score (nSPS) is 12.7. The van der Waals surface area contributed by atoms with Gasteiger partial charge in [0.1, 0.15) is 5.69 Å². The molecule has 0 aliphatic carbocycles. The number of hydrogen-bond acceptors (Lipinski definition) is 2. The Hall–Kier alpha value is -0.910. The predicted octanol–water partition coefficient (Wildman–Crippen LogP) is 1.84. The van der Waals surface area contributed by atoms with Gasteiger partial charge in [-0.3, -0.25) is 0 Å². The molecule has 84 valence electrons. The minimum Gasteiger partial charge on any atom is -0.241 e. The largest absolute Gasteiger partial charge is 0.437 e. The zero-order valence-corrected chi connectivity index (χ0v) is 9.74. The highest BCUT2D eigenvalue weighted by molar-refractivity contribution is 7.85. The van der Waals surface area contributed by atoms with Crippen LogP contribution < -0.4 is 3.89 Å². The van der Waals surface area contributed by atoms with Crippen LogP contribution in [0.2, 0.25) is 0 Å². The van der Waals surface area contributed by atoms with E-state index in [-0.39, 0.29) is 0 Å². The van der Waals surface area contributed by atoms with Gasteiger partial charge >= 0.3 is 10.3 Å². The Morgan fingerprint density at radius 2 is 1.60 bits per heavy atom. The van der Waals surface area contributed by atoms with Gasteiger partial charge in [0.15, 0.2) is 0 Å². The van der Waals surface area contributed by atoms with Crippen LogP contribution in [0.15, 0.2) is 30.3 Å². The summed E-state index contributed by atoms with van der Waals surface area (Å²) in [5.74, 6) is 0. The van der Waals surface area contributed by atoms with Crippen molar-refractivity contribution >= 4 is 16.0 Å². The minimum absolute atomic E-state index is 0.305. The monoisotopic (exact) mass is 230 g/mol. The summed E-state index contributed by atoms with van der Waals surface area (Å²) in [5.41, 5.74) is 0.588. The van der Waals surface area contributed by atoms with Crippen molar-refractivity contribution in [3.05, 3.63) is 30.3 Å². The summed E-state index contributed by atoms with van der Waals surface area (Å²) in [4.78, 5) is 0. The first kappa shape index (κ1) is 12.2. The Balaban J connectivity index is 3.37. The summed E-state index contributed by atoms with van der Waals surface area (Å²) >= 11 is 0. The van der Waals surface area contributed by atoms with Gasteiger partial charge in [0.2, 0.25) is 0 Å². The van der Waals surface area contributed by atoms with Crippen molar-refractivity contribution in [1.29, 1.82) is 0 Å². The summed E-state index contributed by atoms with van der Waals surface area (Å²) in [7, 11) is -4.14. The van der Waals surface area contributed by atoms with Crippen LogP contribution in [0.5, 0.6) is 0 Å². The maximum Gasteiger partial charge on any atom is 0.437 e. The second-order valence-corrected chi connectivity index (χ2v) is 4.90. The van der Waals surface area contributed by atoms with E-state index in [1.54, 1.807) is 38.1 Å². The van der Waals surface area contributed by atoms with Crippen molar-refractivity contribution in [2.24, 2.45) is 0 Å². The van der Waals surface area contributed by atoms with E-state index in [2.05, 4.69) is 0 Å². The summed E-state index contributed by atoms with van der Waals surface area (Å²) in [6, 6.07) is 8.76. The van der Waals surface area contributed by atoms with E-state index in [1.165, 1.54) is 0 Å². The average Bonchev–Trinajstić information content (AvgIpc) is 2.20. The van der Waals surface area contributed by atoms with Gasteiger partial charge in [-0.2, -0.15) is 3.89 Å². The molecule has 0 unspecified atom stereocenters. The molecule has 0 aliphatic heterocycles. The van der Waals surface area contributed by atoms with Crippen LogP contribution in [0.4, 0.5) is 5.69 Å². The van der Waals surface area contributed by atoms with Gasteiger partial charge in [0.25, 0.3) is 0 Å². The Morgan fingerprint density at radius 1 is 1.13 bits per heavy atom. The molecule has 1 rings (SSSR count). The lowest BCUT2D eigenvalue weighted by atomic mass is 10.3. The highest BCUT2D eigenvalue weighted by Gasteiger charge is 2.39. The molecule has 0 spiro atoms. The highest BCUT2D eigenvalue weighted by atomic mass is 32.2.